The summed E-state index contributed by atoms with van der Waals surface area (Å²) in [5.41, 5.74) is 0. The van der Waals surface area contributed by atoms with Gasteiger partial charge < -0.3 is 0 Å². The topological polar surface area (TPSA) is 54.1 Å². The van der Waals surface area contributed by atoms with Crippen molar-refractivity contribution in [3.63, 3.8) is 0 Å². The maximum absolute atomic E-state index is 9.10. The SMILES string of the molecule is N#CCN(SSN(CC#N)C1CCCCC1)C1CCCCC1. The average molecular weight is 339 g/mol. The van der Waals surface area contributed by atoms with Crippen molar-refractivity contribution >= 4 is 22.0 Å². The molecule has 0 aromatic carbocycles. The first kappa shape index (κ1) is 17.9. The third-order valence-corrected chi connectivity index (χ3v) is 7.29. The van der Waals surface area contributed by atoms with Gasteiger partial charge in [0.1, 0.15) is 0 Å². The van der Waals surface area contributed by atoms with Crippen LogP contribution in [0, 0.1) is 22.7 Å². The highest BCUT2D eigenvalue weighted by atomic mass is 33.1. The van der Waals surface area contributed by atoms with Crippen LogP contribution in [0.15, 0.2) is 0 Å². The van der Waals surface area contributed by atoms with Gasteiger partial charge in [0, 0.05) is 34.0 Å². The molecule has 2 aliphatic rings. The Kier molecular flexibility index (Phi) is 8.47. The summed E-state index contributed by atoms with van der Waals surface area (Å²) in [6.07, 6.45) is 12.6. The monoisotopic (exact) mass is 338 g/mol. The van der Waals surface area contributed by atoms with Gasteiger partial charge >= 0.3 is 0 Å². The van der Waals surface area contributed by atoms with Crippen LogP contribution in [0.25, 0.3) is 0 Å². The Labute approximate surface area is 142 Å². The Balaban J connectivity index is 1.87. The minimum absolute atomic E-state index is 0.480. The molecule has 0 spiro atoms. The molecule has 0 unspecified atom stereocenters. The minimum Gasteiger partial charge on any atom is -0.223 e. The van der Waals surface area contributed by atoms with E-state index in [4.69, 9.17) is 10.5 Å². The molecule has 0 N–H and O–H groups in total. The zero-order valence-corrected chi connectivity index (χ0v) is 14.9. The molecule has 6 heteroatoms. The van der Waals surface area contributed by atoms with Gasteiger partial charge in [-0.05, 0) is 25.7 Å². The normalized spacial score (nSPS) is 20.9. The molecule has 0 amide bonds. The molecule has 4 nitrogen and oxygen atoms in total. The van der Waals surface area contributed by atoms with Gasteiger partial charge in [-0.3, -0.25) is 0 Å². The lowest BCUT2D eigenvalue weighted by atomic mass is 9.95. The third kappa shape index (κ3) is 5.66. The van der Waals surface area contributed by atoms with Crippen molar-refractivity contribution in [2.75, 3.05) is 13.1 Å². The Morgan fingerprint density at radius 1 is 0.682 bits per heavy atom. The van der Waals surface area contributed by atoms with E-state index in [9.17, 15) is 0 Å². The van der Waals surface area contributed by atoms with Crippen molar-refractivity contribution in [3.8, 4) is 12.1 Å². The first-order valence-electron chi connectivity index (χ1n) is 8.47. The predicted octanol–water partition coefficient (Wildman–Crippen LogP) is 4.51. The van der Waals surface area contributed by atoms with Crippen molar-refractivity contribution in [1.29, 1.82) is 10.5 Å². The second-order valence-electron chi connectivity index (χ2n) is 6.20. The molecule has 122 valence electrons. The number of rotatable bonds is 7. The molecular formula is C16H26N4S2. The lowest BCUT2D eigenvalue weighted by Crippen LogP contribution is -2.34. The van der Waals surface area contributed by atoms with E-state index in [0.29, 0.717) is 25.2 Å². The zero-order valence-electron chi connectivity index (χ0n) is 13.2. The van der Waals surface area contributed by atoms with Crippen LogP contribution in [-0.4, -0.2) is 33.8 Å². The first-order chi connectivity index (χ1) is 10.8. The Hall–Kier alpha value is -0.400. The fraction of sp³-hybridized carbons (Fsp3) is 0.875. The molecule has 0 heterocycles. The van der Waals surface area contributed by atoms with Crippen LogP contribution in [-0.2, 0) is 0 Å². The van der Waals surface area contributed by atoms with Crippen LogP contribution >= 0.6 is 22.0 Å². The van der Waals surface area contributed by atoms with E-state index >= 15 is 0 Å². The summed E-state index contributed by atoms with van der Waals surface area (Å²) in [5.74, 6) is 0. The first-order valence-corrected chi connectivity index (χ1v) is 10.5. The summed E-state index contributed by atoms with van der Waals surface area (Å²) in [6.45, 7) is 0.959. The van der Waals surface area contributed by atoms with Crippen molar-refractivity contribution < 1.29 is 0 Å². The van der Waals surface area contributed by atoms with Crippen LogP contribution in [0.4, 0.5) is 0 Å². The maximum Gasteiger partial charge on any atom is 0.0973 e. The smallest absolute Gasteiger partial charge is 0.0973 e. The summed E-state index contributed by atoms with van der Waals surface area (Å²) in [4.78, 5) is 0. The molecule has 2 aliphatic carbocycles. The number of hydrogen-bond donors (Lipinski definition) is 0. The summed E-state index contributed by atoms with van der Waals surface area (Å²) in [7, 11) is 3.39. The van der Waals surface area contributed by atoms with Gasteiger partial charge in [-0.1, -0.05) is 38.5 Å². The minimum atomic E-state index is 0.480. The summed E-state index contributed by atoms with van der Waals surface area (Å²) < 4.78 is 4.49. The highest BCUT2D eigenvalue weighted by Gasteiger charge is 2.26. The zero-order chi connectivity index (χ0) is 15.6. The van der Waals surface area contributed by atoms with Crippen LogP contribution in [0.1, 0.15) is 64.2 Å². The van der Waals surface area contributed by atoms with Crippen LogP contribution in [0.2, 0.25) is 0 Å². The molecule has 0 aromatic heterocycles. The molecule has 0 bridgehead atoms. The molecule has 2 saturated carbocycles. The standard InChI is InChI=1S/C16H26N4S2/c17-11-13-19(15-7-3-1-4-8-15)21-22-20(14-12-18)16-9-5-2-6-10-16/h15-16H,1-10,13-14H2. The van der Waals surface area contributed by atoms with Gasteiger partial charge in [0.05, 0.1) is 25.2 Å². The second-order valence-corrected chi connectivity index (χ2v) is 8.33. The Bertz CT molecular complexity index is 354. The van der Waals surface area contributed by atoms with Gasteiger partial charge in [0.2, 0.25) is 0 Å². The van der Waals surface area contributed by atoms with Crippen LogP contribution < -0.4 is 0 Å². The van der Waals surface area contributed by atoms with E-state index in [2.05, 4.69) is 20.7 Å². The molecule has 0 saturated heterocycles. The van der Waals surface area contributed by atoms with Crippen LogP contribution in [0.3, 0.4) is 0 Å². The van der Waals surface area contributed by atoms with E-state index in [1.807, 2.05) is 0 Å². The van der Waals surface area contributed by atoms with Crippen molar-refractivity contribution in [2.24, 2.45) is 0 Å². The highest BCUT2D eigenvalue weighted by molar-refractivity contribution is 8.74. The van der Waals surface area contributed by atoms with E-state index < -0.39 is 0 Å². The summed E-state index contributed by atoms with van der Waals surface area (Å²) in [5, 5.41) is 18.2. The Morgan fingerprint density at radius 2 is 1.05 bits per heavy atom. The van der Waals surface area contributed by atoms with Gasteiger partial charge in [0.25, 0.3) is 0 Å². The van der Waals surface area contributed by atoms with E-state index in [-0.39, 0.29) is 0 Å². The summed E-state index contributed by atoms with van der Waals surface area (Å²) in [6, 6.07) is 5.67. The van der Waals surface area contributed by atoms with Gasteiger partial charge in [-0.2, -0.15) is 10.5 Å². The average Bonchev–Trinajstić information content (AvgIpc) is 2.59. The molecule has 2 fully saturated rings. The quantitative estimate of drug-likeness (QED) is 0.386. The fourth-order valence-electron chi connectivity index (χ4n) is 3.40. The van der Waals surface area contributed by atoms with E-state index in [0.717, 1.165) is 0 Å². The molecule has 2 rings (SSSR count). The van der Waals surface area contributed by atoms with Gasteiger partial charge in [-0.25, -0.2) is 8.61 Å². The largest absolute Gasteiger partial charge is 0.223 e. The number of nitriles is 2. The van der Waals surface area contributed by atoms with Gasteiger partial charge in [-0.15, -0.1) is 0 Å². The molecule has 0 radical (unpaired) electrons. The molecular weight excluding hydrogens is 312 g/mol. The second kappa shape index (κ2) is 10.4. The fourth-order valence-corrected chi connectivity index (χ4v) is 6.01. The van der Waals surface area contributed by atoms with E-state index in [1.54, 1.807) is 22.0 Å². The van der Waals surface area contributed by atoms with Crippen molar-refractivity contribution in [2.45, 2.75) is 76.3 Å². The number of hydrogen-bond acceptors (Lipinski definition) is 6. The lowest BCUT2D eigenvalue weighted by molar-refractivity contribution is 0.287. The molecule has 22 heavy (non-hydrogen) atoms. The van der Waals surface area contributed by atoms with Crippen molar-refractivity contribution in [3.05, 3.63) is 0 Å². The third-order valence-electron chi connectivity index (χ3n) is 4.64. The maximum atomic E-state index is 9.10. The van der Waals surface area contributed by atoms with E-state index in [1.165, 1.54) is 64.2 Å². The molecule has 0 aliphatic heterocycles. The molecule has 0 atom stereocenters. The number of nitrogens with zero attached hydrogens (tertiary/aromatic N) is 4. The highest BCUT2D eigenvalue weighted by Crippen LogP contribution is 2.38. The summed E-state index contributed by atoms with van der Waals surface area (Å²) >= 11 is 0. The lowest BCUT2D eigenvalue weighted by Gasteiger charge is -2.35. The molecule has 0 aromatic rings. The van der Waals surface area contributed by atoms with Gasteiger partial charge in [0.15, 0.2) is 0 Å². The van der Waals surface area contributed by atoms with Crippen LogP contribution in [0.5, 0.6) is 0 Å². The Morgan fingerprint density at radius 3 is 1.36 bits per heavy atom. The predicted molar refractivity (Wildman–Crippen MR) is 93.6 cm³/mol. The van der Waals surface area contributed by atoms with Crippen molar-refractivity contribution in [1.82, 2.24) is 8.61 Å².